The first kappa shape index (κ1) is 13.4. The smallest absolute Gasteiger partial charge is 0.450 e. The van der Waals surface area contributed by atoms with Crippen LogP contribution in [-0.4, -0.2) is 39.4 Å². The molecule has 0 aromatic rings. The van der Waals surface area contributed by atoms with Gasteiger partial charge in [-0.1, -0.05) is 19.9 Å². The minimum Gasteiger partial charge on any atom is -0.450 e. The first-order valence-corrected chi connectivity index (χ1v) is 4.82. The molecule has 1 heterocycles. The normalized spacial score (nSPS) is 13.4. The Kier molecular flexibility index (Phi) is 6.88. The molecule has 0 radical (unpaired) electrons. The van der Waals surface area contributed by atoms with E-state index in [1.807, 2.05) is 6.20 Å². The van der Waals surface area contributed by atoms with Crippen molar-refractivity contribution in [1.29, 1.82) is 0 Å². The Bertz CT molecular complexity index is 225. The molecule has 0 spiro atoms. The van der Waals surface area contributed by atoms with Crippen LogP contribution in [0.2, 0.25) is 0 Å². The summed E-state index contributed by atoms with van der Waals surface area (Å²) in [5.74, 6) is 0. The van der Waals surface area contributed by atoms with Crippen molar-refractivity contribution in [1.82, 2.24) is 9.80 Å². The molecule has 15 heavy (non-hydrogen) atoms. The molecule has 0 amide bonds. The number of carbonyl (C=O) groups is 1. The van der Waals surface area contributed by atoms with Gasteiger partial charge in [0.25, 0.3) is 0 Å². The molecule has 0 bridgehead atoms. The molecule has 0 fully saturated rings. The molecular formula is C10H18N2O3. The van der Waals surface area contributed by atoms with Crippen LogP contribution in [0.15, 0.2) is 25.2 Å². The van der Waals surface area contributed by atoms with Gasteiger partial charge in [0.1, 0.15) is 0 Å². The van der Waals surface area contributed by atoms with Crippen LogP contribution < -0.4 is 0 Å². The molecular weight excluding hydrogens is 196 g/mol. The van der Waals surface area contributed by atoms with Gasteiger partial charge in [-0.3, -0.25) is 0 Å². The molecule has 0 atom stereocenters. The Labute approximate surface area is 89.9 Å². The molecule has 0 aromatic carbocycles. The van der Waals surface area contributed by atoms with Crippen LogP contribution in [0.5, 0.6) is 0 Å². The van der Waals surface area contributed by atoms with Crippen LogP contribution in [0.4, 0.5) is 4.79 Å². The molecule has 2 N–H and O–H groups in total. The van der Waals surface area contributed by atoms with Crippen molar-refractivity contribution < 1.29 is 15.0 Å². The van der Waals surface area contributed by atoms with E-state index in [2.05, 4.69) is 35.7 Å². The molecule has 1 aliphatic heterocycles. The van der Waals surface area contributed by atoms with Gasteiger partial charge in [-0.2, -0.15) is 0 Å². The van der Waals surface area contributed by atoms with Crippen LogP contribution in [0.1, 0.15) is 19.8 Å². The Morgan fingerprint density at radius 2 is 2.13 bits per heavy atom. The fraction of sp³-hybridized carbons (Fsp3) is 0.500. The van der Waals surface area contributed by atoms with E-state index in [1.165, 1.54) is 12.8 Å². The van der Waals surface area contributed by atoms with Gasteiger partial charge in [-0.25, -0.2) is 4.79 Å². The molecule has 5 heteroatoms. The van der Waals surface area contributed by atoms with Gasteiger partial charge in [0.2, 0.25) is 0 Å². The van der Waals surface area contributed by atoms with Crippen molar-refractivity contribution >= 4 is 6.16 Å². The molecule has 1 aliphatic rings. The highest BCUT2D eigenvalue weighted by Gasteiger charge is 2.07. The highest BCUT2D eigenvalue weighted by molar-refractivity contribution is 5.53. The number of carboxylic acid groups (broad SMARTS) is 2. The first-order chi connectivity index (χ1) is 7.10. The average molecular weight is 214 g/mol. The molecule has 1 rings (SSSR count). The van der Waals surface area contributed by atoms with Crippen LogP contribution in [0.3, 0.4) is 0 Å². The highest BCUT2D eigenvalue weighted by Crippen LogP contribution is 2.06. The second-order valence-corrected chi connectivity index (χ2v) is 3.08. The van der Waals surface area contributed by atoms with Gasteiger partial charge in [-0.15, -0.1) is 0 Å². The van der Waals surface area contributed by atoms with Crippen LogP contribution in [-0.2, 0) is 0 Å². The van der Waals surface area contributed by atoms with Crippen LogP contribution in [0.25, 0.3) is 0 Å². The summed E-state index contributed by atoms with van der Waals surface area (Å²) >= 11 is 0. The van der Waals surface area contributed by atoms with Gasteiger partial charge < -0.3 is 20.0 Å². The zero-order chi connectivity index (χ0) is 11.7. The van der Waals surface area contributed by atoms with Gasteiger partial charge in [0, 0.05) is 18.9 Å². The third-order valence-corrected chi connectivity index (χ3v) is 1.85. The van der Waals surface area contributed by atoms with Gasteiger partial charge in [-0.05, 0) is 12.6 Å². The fourth-order valence-electron chi connectivity index (χ4n) is 1.11. The maximum atomic E-state index is 8.56. The Morgan fingerprint density at radius 1 is 1.53 bits per heavy atom. The summed E-state index contributed by atoms with van der Waals surface area (Å²) in [7, 11) is 0. The zero-order valence-corrected chi connectivity index (χ0v) is 8.96. The number of hydrogen-bond acceptors (Lipinski definition) is 3. The zero-order valence-electron chi connectivity index (χ0n) is 8.96. The van der Waals surface area contributed by atoms with Crippen LogP contribution in [0, 0.1) is 0 Å². The fourth-order valence-corrected chi connectivity index (χ4v) is 1.11. The van der Waals surface area contributed by atoms with Crippen LogP contribution >= 0.6 is 0 Å². The first-order valence-electron chi connectivity index (χ1n) is 4.82. The molecule has 0 saturated carbocycles. The third-order valence-electron chi connectivity index (χ3n) is 1.85. The Morgan fingerprint density at radius 3 is 2.53 bits per heavy atom. The van der Waals surface area contributed by atoms with Crippen molar-refractivity contribution in [3.63, 3.8) is 0 Å². The Balaban J connectivity index is 0.000000423. The second kappa shape index (κ2) is 7.73. The quantitative estimate of drug-likeness (QED) is 0.751. The summed E-state index contributed by atoms with van der Waals surface area (Å²) in [6.07, 6.45) is 6.73. The average Bonchev–Trinajstić information content (AvgIpc) is 2.61. The van der Waals surface area contributed by atoms with E-state index in [-0.39, 0.29) is 0 Å². The summed E-state index contributed by atoms with van der Waals surface area (Å²) in [4.78, 5) is 12.9. The van der Waals surface area contributed by atoms with Crippen molar-refractivity contribution in [3.8, 4) is 0 Å². The van der Waals surface area contributed by atoms with E-state index >= 15 is 0 Å². The highest BCUT2D eigenvalue weighted by atomic mass is 16.6. The third kappa shape index (κ3) is 7.42. The number of nitrogens with zero attached hydrogens (tertiary/aromatic N) is 2. The number of rotatable bonds is 4. The van der Waals surface area contributed by atoms with Crippen molar-refractivity contribution in [2.75, 3.05) is 13.2 Å². The van der Waals surface area contributed by atoms with Gasteiger partial charge >= 0.3 is 6.16 Å². The summed E-state index contributed by atoms with van der Waals surface area (Å²) in [6.45, 7) is 8.06. The molecule has 0 saturated heterocycles. The topological polar surface area (TPSA) is 64.0 Å². The lowest BCUT2D eigenvalue weighted by Gasteiger charge is -2.17. The predicted molar refractivity (Wildman–Crippen MR) is 58.3 cm³/mol. The van der Waals surface area contributed by atoms with E-state index in [0.717, 1.165) is 13.2 Å². The maximum absolute atomic E-state index is 8.56. The summed E-state index contributed by atoms with van der Waals surface area (Å²) < 4.78 is 0. The molecule has 86 valence electrons. The lowest BCUT2D eigenvalue weighted by atomic mass is 10.3. The summed E-state index contributed by atoms with van der Waals surface area (Å²) in [5, 5.41) is 13.9. The lowest BCUT2D eigenvalue weighted by molar-refractivity contribution is 0.137. The minimum atomic E-state index is -1.83. The van der Waals surface area contributed by atoms with Crippen molar-refractivity contribution in [2.45, 2.75) is 19.8 Å². The standard InChI is InChI=1S/C9H16N2.CH2O3/c1-3-5-6-11-8-7-10(4-2)9-11;2-1(3)4/h4,7-8H,2-3,5-6,9H2,1H3;(H2,2,3,4). The SMILES string of the molecule is C=CN1C=CN(CCCC)C1.O=C(O)O. The molecule has 5 nitrogen and oxygen atoms in total. The minimum absolute atomic E-state index is 0.976. The maximum Gasteiger partial charge on any atom is 0.503 e. The number of unbranched alkanes of at least 4 members (excludes halogenated alkanes) is 1. The van der Waals surface area contributed by atoms with E-state index in [1.54, 1.807) is 0 Å². The lowest BCUT2D eigenvalue weighted by Crippen LogP contribution is -2.22. The Hall–Kier alpha value is -1.65. The van der Waals surface area contributed by atoms with Gasteiger partial charge in [0.05, 0.1) is 6.67 Å². The molecule has 0 aliphatic carbocycles. The molecule has 0 unspecified atom stereocenters. The predicted octanol–water partition coefficient (Wildman–Crippen LogP) is 2.20. The van der Waals surface area contributed by atoms with E-state index < -0.39 is 6.16 Å². The molecule has 0 aromatic heterocycles. The largest absolute Gasteiger partial charge is 0.503 e. The summed E-state index contributed by atoms with van der Waals surface area (Å²) in [6, 6.07) is 0. The van der Waals surface area contributed by atoms with Crippen molar-refractivity contribution in [2.24, 2.45) is 0 Å². The second-order valence-electron chi connectivity index (χ2n) is 3.08. The van der Waals surface area contributed by atoms with E-state index in [9.17, 15) is 0 Å². The van der Waals surface area contributed by atoms with E-state index in [4.69, 9.17) is 15.0 Å². The number of hydrogen-bond donors (Lipinski definition) is 2. The monoisotopic (exact) mass is 214 g/mol. The van der Waals surface area contributed by atoms with E-state index in [0.29, 0.717) is 0 Å². The summed E-state index contributed by atoms with van der Waals surface area (Å²) in [5.41, 5.74) is 0. The van der Waals surface area contributed by atoms with Crippen molar-refractivity contribution in [3.05, 3.63) is 25.2 Å². The van der Waals surface area contributed by atoms with Gasteiger partial charge in [0.15, 0.2) is 0 Å².